The predicted molar refractivity (Wildman–Crippen MR) is 82.6 cm³/mol. The van der Waals surface area contributed by atoms with Gasteiger partial charge in [0.2, 0.25) is 0 Å². The molecule has 0 bridgehead atoms. The van der Waals surface area contributed by atoms with Crippen LogP contribution < -0.4 is 11.1 Å². The van der Waals surface area contributed by atoms with E-state index in [1.807, 2.05) is 19.1 Å². The fourth-order valence-corrected chi connectivity index (χ4v) is 1.73. The number of aliphatic carboxylic acids is 1. The van der Waals surface area contributed by atoms with Crippen molar-refractivity contribution in [2.45, 2.75) is 26.3 Å². The Morgan fingerprint density at radius 1 is 1.48 bits per heavy atom. The average Bonchev–Trinajstić information content (AvgIpc) is 2.48. The van der Waals surface area contributed by atoms with Crippen LogP contribution >= 0.6 is 11.6 Å². The summed E-state index contributed by atoms with van der Waals surface area (Å²) in [4.78, 5) is 20.5. The van der Waals surface area contributed by atoms with Crippen molar-refractivity contribution < 1.29 is 19.4 Å². The summed E-state index contributed by atoms with van der Waals surface area (Å²) in [7, 11) is 1.37. The maximum absolute atomic E-state index is 11.3. The Hall–Kier alpha value is -1.79. The topological polar surface area (TPSA) is 102 Å². The highest BCUT2D eigenvalue weighted by atomic mass is 35.5. The number of ether oxygens (including phenoxy) is 1. The minimum atomic E-state index is -0.968. The first-order valence-electron chi connectivity index (χ1n) is 6.40. The van der Waals surface area contributed by atoms with E-state index in [1.54, 1.807) is 13.0 Å². The average molecular weight is 317 g/mol. The Labute approximate surface area is 129 Å². The van der Waals surface area contributed by atoms with Gasteiger partial charge in [-0.15, -0.1) is 0 Å². The number of hydrogen-bond acceptors (Lipinski definition) is 5. The van der Waals surface area contributed by atoms with Crippen LogP contribution in [0.15, 0.2) is 18.2 Å². The molecular weight excluding hydrogens is 296 g/mol. The second kappa shape index (κ2) is 10.0. The molecule has 21 heavy (non-hydrogen) atoms. The van der Waals surface area contributed by atoms with Gasteiger partial charge in [-0.3, -0.25) is 4.79 Å². The molecule has 0 aliphatic carbocycles. The summed E-state index contributed by atoms with van der Waals surface area (Å²) in [5.74, 6) is -1.27. The van der Waals surface area contributed by atoms with E-state index in [4.69, 9.17) is 16.7 Å². The molecule has 0 aliphatic rings. The largest absolute Gasteiger partial charge is 0.480 e. The number of carbonyl (C=O) groups excluding carboxylic acids is 1. The van der Waals surface area contributed by atoms with E-state index in [-0.39, 0.29) is 12.5 Å². The first-order chi connectivity index (χ1) is 9.87. The van der Waals surface area contributed by atoms with Crippen molar-refractivity contribution in [3.05, 3.63) is 28.8 Å². The van der Waals surface area contributed by atoms with Crippen molar-refractivity contribution >= 4 is 29.2 Å². The van der Waals surface area contributed by atoms with Crippen LogP contribution in [-0.2, 0) is 20.7 Å². The summed E-state index contributed by atoms with van der Waals surface area (Å²) in [5, 5.41) is 11.3. The molecule has 0 aliphatic heterocycles. The number of rotatable bonds is 5. The van der Waals surface area contributed by atoms with Gasteiger partial charge >= 0.3 is 11.9 Å². The molecule has 1 rings (SSSR count). The number of nitrogens with one attached hydrogen (secondary N) is 1. The zero-order chi connectivity index (χ0) is 16.4. The van der Waals surface area contributed by atoms with Gasteiger partial charge in [-0.05, 0) is 25.0 Å². The number of carboxylic acids is 1. The lowest BCUT2D eigenvalue weighted by atomic mass is 10.1. The van der Waals surface area contributed by atoms with Crippen LogP contribution in [0.5, 0.6) is 0 Å². The third-order valence-corrected chi connectivity index (χ3v) is 2.89. The van der Waals surface area contributed by atoms with Gasteiger partial charge in [-0.25, -0.2) is 4.79 Å². The quantitative estimate of drug-likeness (QED) is 0.717. The molecule has 118 valence electrons. The molecule has 0 amide bonds. The smallest absolute Gasteiger partial charge is 0.327 e. The van der Waals surface area contributed by atoms with E-state index in [2.05, 4.69) is 15.8 Å². The maximum Gasteiger partial charge on any atom is 0.327 e. The van der Waals surface area contributed by atoms with Crippen LogP contribution in [0.3, 0.4) is 0 Å². The van der Waals surface area contributed by atoms with E-state index < -0.39 is 12.0 Å². The zero-order valence-corrected chi connectivity index (χ0v) is 13.1. The molecule has 0 radical (unpaired) electrons. The summed E-state index contributed by atoms with van der Waals surface area (Å²) in [6.07, 6.45) is 0.858. The van der Waals surface area contributed by atoms with Gasteiger partial charge in [0.05, 0.1) is 24.4 Å². The normalized spacial score (nSPS) is 10.9. The van der Waals surface area contributed by atoms with Crippen molar-refractivity contribution in [3.8, 4) is 0 Å². The van der Waals surface area contributed by atoms with E-state index >= 15 is 0 Å². The number of aryl methyl sites for hydroxylation is 1. The van der Waals surface area contributed by atoms with Crippen LogP contribution in [0.2, 0.25) is 5.02 Å². The first kappa shape index (κ1) is 19.2. The van der Waals surface area contributed by atoms with Gasteiger partial charge in [0.1, 0.15) is 6.04 Å². The number of halogens is 1. The Balaban J connectivity index is 0.000000690. The van der Waals surface area contributed by atoms with Gasteiger partial charge < -0.3 is 20.9 Å². The minimum Gasteiger partial charge on any atom is -0.480 e. The predicted octanol–water partition coefficient (Wildman–Crippen LogP) is 1.91. The minimum absolute atomic E-state index is 0.278. The summed E-state index contributed by atoms with van der Waals surface area (Å²) < 4.78 is 4.65. The molecular formula is C14H21ClN2O4. The zero-order valence-electron chi connectivity index (χ0n) is 12.4. The lowest BCUT2D eigenvalue weighted by Gasteiger charge is -2.17. The van der Waals surface area contributed by atoms with Crippen LogP contribution in [0.1, 0.15) is 19.4 Å². The lowest BCUT2D eigenvalue weighted by Crippen LogP contribution is -2.27. The van der Waals surface area contributed by atoms with Crippen molar-refractivity contribution in [1.29, 1.82) is 0 Å². The van der Waals surface area contributed by atoms with Crippen molar-refractivity contribution in [3.63, 3.8) is 0 Å². The molecule has 7 heteroatoms. The highest BCUT2D eigenvalue weighted by Crippen LogP contribution is 2.27. The highest BCUT2D eigenvalue weighted by Gasteiger charge is 2.15. The molecule has 0 unspecified atom stereocenters. The van der Waals surface area contributed by atoms with E-state index in [9.17, 15) is 9.59 Å². The monoisotopic (exact) mass is 316 g/mol. The van der Waals surface area contributed by atoms with Gasteiger partial charge in [0.15, 0.2) is 0 Å². The second-order valence-electron chi connectivity index (χ2n) is 4.11. The summed E-state index contributed by atoms with van der Waals surface area (Å²) in [6, 6.07) is 5.27. The third kappa shape index (κ3) is 6.97. The number of esters is 1. The SMILES string of the molecule is CCc1cccc(Cl)c1N[C@@H](C)C(=O)OC.NCC(=O)O. The number of carbonyl (C=O) groups is 2. The molecule has 0 saturated carbocycles. The van der Waals surface area contributed by atoms with Crippen molar-refractivity contribution in [1.82, 2.24) is 0 Å². The first-order valence-corrected chi connectivity index (χ1v) is 6.78. The van der Waals surface area contributed by atoms with Crippen molar-refractivity contribution in [2.75, 3.05) is 19.0 Å². The number of anilines is 1. The van der Waals surface area contributed by atoms with Gasteiger partial charge in [-0.1, -0.05) is 30.7 Å². The van der Waals surface area contributed by atoms with Crippen molar-refractivity contribution in [2.24, 2.45) is 5.73 Å². The number of para-hydroxylation sites is 1. The number of methoxy groups -OCH3 is 1. The number of benzene rings is 1. The van der Waals surface area contributed by atoms with Gasteiger partial charge in [-0.2, -0.15) is 0 Å². The molecule has 1 aromatic carbocycles. The Morgan fingerprint density at radius 3 is 2.48 bits per heavy atom. The van der Waals surface area contributed by atoms with Crippen LogP contribution in [-0.4, -0.2) is 36.7 Å². The molecule has 0 aromatic heterocycles. The molecule has 0 saturated heterocycles. The van der Waals surface area contributed by atoms with Crippen LogP contribution in [0.25, 0.3) is 0 Å². The standard InChI is InChI=1S/C12H16ClNO2.C2H5NO2/c1-4-9-6-5-7-10(13)11(9)14-8(2)12(15)16-3;3-1-2(4)5/h5-8,14H,4H2,1-3H3;1,3H2,(H,4,5)/t8-;/m0./s1. The summed E-state index contributed by atoms with van der Waals surface area (Å²) >= 11 is 6.09. The van der Waals surface area contributed by atoms with Crippen LogP contribution in [0, 0.1) is 0 Å². The van der Waals surface area contributed by atoms with E-state index in [0.29, 0.717) is 5.02 Å². The molecule has 4 N–H and O–H groups in total. The summed E-state index contributed by atoms with van der Waals surface area (Å²) in [5.41, 5.74) is 6.47. The molecule has 6 nitrogen and oxygen atoms in total. The third-order valence-electron chi connectivity index (χ3n) is 2.57. The fourth-order valence-electron chi connectivity index (χ4n) is 1.48. The Morgan fingerprint density at radius 2 is 2.05 bits per heavy atom. The Kier molecular flexibility index (Phi) is 9.16. The Bertz CT molecular complexity index is 480. The molecule has 0 spiro atoms. The second-order valence-corrected chi connectivity index (χ2v) is 4.52. The molecule has 1 atom stereocenters. The number of carboxylic acid groups (broad SMARTS) is 1. The van der Waals surface area contributed by atoms with E-state index in [1.165, 1.54) is 7.11 Å². The van der Waals surface area contributed by atoms with Crippen LogP contribution in [0.4, 0.5) is 5.69 Å². The maximum atomic E-state index is 11.3. The van der Waals surface area contributed by atoms with Gasteiger partial charge in [0.25, 0.3) is 0 Å². The number of nitrogens with two attached hydrogens (primary N) is 1. The fraction of sp³-hybridized carbons (Fsp3) is 0.429. The molecule has 1 aromatic rings. The highest BCUT2D eigenvalue weighted by molar-refractivity contribution is 6.33. The lowest BCUT2D eigenvalue weighted by molar-refractivity contribution is -0.141. The molecule has 0 fully saturated rings. The number of hydrogen-bond donors (Lipinski definition) is 3. The van der Waals surface area contributed by atoms with E-state index in [0.717, 1.165) is 17.7 Å². The summed E-state index contributed by atoms with van der Waals surface area (Å²) in [6.45, 7) is 3.51. The van der Waals surface area contributed by atoms with Gasteiger partial charge in [0, 0.05) is 0 Å². The molecule has 0 heterocycles.